The van der Waals surface area contributed by atoms with E-state index in [4.69, 9.17) is 4.74 Å². The first-order valence-electron chi connectivity index (χ1n) is 7.33. The molecule has 1 atom stereocenters. The molecule has 25 heavy (non-hydrogen) atoms. The Hall–Kier alpha value is -3.29. The molecule has 0 spiro atoms. The molecule has 8 nitrogen and oxygen atoms in total. The predicted octanol–water partition coefficient (Wildman–Crippen LogP) is 0.964. The number of methoxy groups -OCH3 is 1. The van der Waals surface area contributed by atoms with Gasteiger partial charge in [-0.15, -0.1) is 0 Å². The fourth-order valence-electron chi connectivity index (χ4n) is 2.29. The minimum absolute atomic E-state index is 0.0598. The molecule has 0 saturated heterocycles. The summed E-state index contributed by atoms with van der Waals surface area (Å²) in [4.78, 5) is 35.7. The van der Waals surface area contributed by atoms with Gasteiger partial charge in [0.2, 0.25) is 0 Å². The second-order valence-corrected chi connectivity index (χ2v) is 5.46. The molecule has 0 saturated carbocycles. The fourth-order valence-corrected chi connectivity index (χ4v) is 2.29. The van der Waals surface area contributed by atoms with Gasteiger partial charge in [-0.3, -0.25) is 9.59 Å². The van der Waals surface area contributed by atoms with E-state index in [-0.39, 0.29) is 28.2 Å². The lowest BCUT2D eigenvalue weighted by atomic mass is 10.1. The molecule has 3 N–H and O–H groups in total. The molecule has 0 aliphatic heterocycles. The van der Waals surface area contributed by atoms with Gasteiger partial charge in [-0.25, -0.2) is 4.79 Å². The Kier molecular flexibility index (Phi) is 5.11. The Balaban J connectivity index is 2.33. The lowest BCUT2D eigenvalue weighted by Gasteiger charge is -2.16. The van der Waals surface area contributed by atoms with Gasteiger partial charge in [-0.05, 0) is 30.7 Å². The summed E-state index contributed by atoms with van der Waals surface area (Å²) in [7, 11) is 2.93. The number of aromatic hydroxyl groups is 1. The summed E-state index contributed by atoms with van der Waals surface area (Å²) < 4.78 is 6.27. The maximum Gasteiger partial charge on any atom is 0.330 e. The molecular formula is C17H18N2O6. The van der Waals surface area contributed by atoms with Gasteiger partial charge in [-0.2, -0.15) is 0 Å². The number of carbonyl (C=O) groups excluding carboxylic acids is 1. The monoisotopic (exact) mass is 346 g/mol. The first-order valence-corrected chi connectivity index (χ1v) is 7.33. The third-order valence-corrected chi connectivity index (χ3v) is 3.82. The van der Waals surface area contributed by atoms with Gasteiger partial charge >= 0.3 is 5.97 Å². The van der Waals surface area contributed by atoms with Crippen LogP contribution in [0.4, 0.5) is 0 Å². The first-order chi connectivity index (χ1) is 11.7. The molecule has 0 fully saturated rings. The zero-order valence-corrected chi connectivity index (χ0v) is 13.9. The predicted molar refractivity (Wildman–Crippen MR) is 88.9 cm³/mol. The number of aryl methyl sites for hydroxylation is 1. The molecular weight excluding hydrogens is 328 g/mol. The number of aromatic nitrogens is 1. The van der Waals surface area contributed by atoms with Crippen LogP contribution in [0.3, 0.4) is 0 Å². The van der Waals surface area contributed by atoms with Crippen molar-refractivity contribution in [3.63, 3.8) is 0 Å². The molecule has 2 aromatic rings. The molecule has 0 aliphatic carbocycles. The number of ether oxygens (including phenoxy) is 1. The van der Waals surface area contributed by atoms with Gasteiger partial charge in [0.25, 0.3) is 11.5 Å². The lowest BCUT2D eigenvalue weighted by molar-refractivity contribution is -0.139. The number of nitrogens with zero attached hydrogens (tertiary/aromatic N) is 1. The summed E-state index contributed by atoms with van der Waals surface area (Å²) >= 11 is 0. The molecule has 0 aliphatic rings. The number of pyridine rings is 1. The Morgan fingerprint density at radius 1 is 1.24 bits per heavy atom. The van der Waals surface area contributed by atoms with E-state index < -0.39 is 17.9 Å². The molecule has 1 aromatic heterocycles. The quantitative estimate of drug-likeness (QED) is 0.742. The summed E-state index contributed by atoms with van der Waals surface area (Å²) in [5, 5.41) is 21.6. The number of hydrogen-bond donors (Lipinski definition) is 3. The van der Waals surface area contributed by atoms with E-state index in [1.54, 1.807) is 14.0 Å². The number of phenolic OH excluding ortho intramolecular Hbond substituents is 1. The van der Waals surface area contributed by atoms with Crippen LogP contribution in [0.2, 0.25) is 0 Å². The largest absolute Gasteiger partial charge is 0.504 e. The molecule has 2 rings (SSSR count). The van der Waals surface area contributed by atoms with E-state index in [1.165, 1.54) is 35.9 Å². The smallest absolute Gasteiger partial charge is 0.330 e. The highest BCUT2D eigenvalue weighted by Gasteiger charge is 2.24. The minimum Gasteiger partial charge on any atom is -0.504 e. The van der Waals surface area contributed by atoms with E-state index in [0.717, 1.165) is 6.07 Å². The van der Waals surface area contributed by atoms with Crippen LogP contribution in [-0.4, -0.2) is 33.8 Å². The van der Waals surface area contributed by atoms with E-state index in [2.05, 4.69) is 5.32 Å². The number of benzene rings is 1. The molecule has 1 heterocycles. The first kappa shape index (κ1) is 18.1. The maximum atomic E-state index is 12.3. The van der Waals surface area contributed by atoms with Crippen LogP contribution in [-0.2, 0) is 11.8 Å². The molecule has 8 heteroatoms. The molecule has 0 bridgehead atoms. The summed E-state index contributed by atoms with van der Waals surface area (Å²) in [6, 6.07) is 5.25. The number of carbonyl (C=O) groups is 2. The van der Waals surface area contributed by atoms with Crippen molar-refractivity contribution < 1.29 is 24.5 Å². The third-order valence-electron chi connectivity index (χ3n) is 3.82. The van der Waals surface area contributed by atoms with Crippen molar-refractivity contribution in [2.45, 2.75) is 13.0 Å². The molecule has 132 valence electrons. The summed E-state index contributed by atoms with van der Waals surface area (Å²) in [5.74, 6) is -2.08. The van der Waals surface area contributed by atoms with Crippen molar-refractivity contribution >= 4 is 11.9 Å². The Labute approximate surface area is 143 Å². The fraction of sp³-hybridized carbons (Fsp3) is 0.235. The number of amides is 1. The van der Waals surface area contributed by atoms with E-state index in [0.29, 0.717) is 5.69 Å². The molecule has 1 amide bonds. The second-order valence-electron chi connectivity index (χ2n) is 5.46. The van der Waals surface area contributed by atoms with Crippen LogP contribution in [0.5, 0.6) is 11.5 Å². The van der Waals surface area contributed by atoms with E-state index in [9.17, 15) is 24.6 Å². The average molecular weight is 346 g/mol. The van der Waals surface area contributed by atoms with Gasteiger partial charge in [0, 0.05) is 24.4 Å². The van der Waals surface area contributed by atoms with Crippen LogP contribution in [0.1, 0.15) is 27.7 Å². The number of nitrogens with one attached hydrogen (secondary N) is 1. The third kappa shape index (κ3) is 3.79. The lowest BCUT2D eigenvalue weighted by Crippen LogP contribution is -2.34. The number of carboxylic acids is 1. The van der Waals surface area contributed by atoms with Crippen LogP contribution < -0.4 is 15.6 Å². The van der Waals surface area contributed by atoms with Crippen LogP contribution >= 0.6 is 0 Å². The number of carboxylic acid groups (broad SMARTS) is 1. The zero-order chi connectivity index (χ0) is 18.7. The molecule has 1 unspecified atom stereocenters. The highest BCUT2D eigenvalue weighted by Crippen LogP contribution is 2.29. The Morgan fingerprint density at radius 2 is 1.92 bits per heavy atom. The second kappa shape index (κ2) is 7.08. The molecule has 0 radical (unpaired) electrons. The van der Waals surface area contributed by atoms with E-state index in [1.807, 2.05) is 0 Å². The van der Waals surface area contributed by atoms with Crippen molar-refractivity contribution in [3.05, 3.63) is 57.5 Å². The van der Waals surface area contributed by atoms with Gasteiger partial charge in [0.1, 0.15) is 0 Å². The minimum atomic E-state index is -1.39. The van der Waals surface area contributed by atoms with Crippen molar-refractivity contribution in [1.29, 1.82) is 0 Å². The van der Waals surface area contributed by atoms with Gasteiger partial charge in [-0.1, -0.05) is 6.07 Å². The van der Waals surface area contributed by atoms with Crippen molar-refractivity contribution in [2.75, 3.05) is 7.11 Å². The van der Waals surface area contributed by atoms with Gasteiger partial charge in [0.05, 0.1) is 7.11 Å². The Bertz CT molecular complexity index is 887. The van der Waals surface area contributed by atoms with Crippen molar-refractivity contribution in [1.82, 2.24) is 9.88 Å². The van der Waals surface area contributed by atoms with Crippen molar-refractivity contribution in [3.8, 4) is 11.5 Å². The summed E-state index contributed by atoms with van der Waals surface area (Å²) in [6.07, 6.45) is 0. The maximum absolute atomic E-state index is 12.3. The summed E-state index contributed by atoms with van der Waals surface area (Å²) in [6.45, 7) is 1.66. The van der Waals surface area contributed by atoms with Crippen LogP contribution in [0.25, 0.3) is 0 Å². The number of phenols is 1. The average Bonchev–Trinajstić information content (AvgIpc) is 2.56. The Morgan fingerprint density at radius 3 is 2.44 bits per heavy atom. The van der Waals surface area contributed by atoms with E-state index >= 15 is 0 Å². The van der Waals surface area contributed by atoms with Crippen LogP contribution in [0.15, 0.2) is 35.1 Å². The highest BCUT2D eigenvalue weighted by atomic mass is 16.5. The normalized spacial score (nSPS) is 11.6. The van der Waals surface area contributed by atoms with Crippen LogP contribution in [0, 0.1) is 6.92 Å². The summed E-state index contributed by atoms with van der Waals surface area (Å²) in [5.41, 5.74) is 0.412. The number of hydrogen-bond acceptors (Lipinski definition) is 5. The van der Waals surface area contributed by atoms with Gasteiger partial charge in [0.15, 0.2) is 17.5 Å². The number of rotatable bonds is 5. The highest BCUT2D eigenvalue weighted by molar-refractivity contribution is 5.96. The SMILES string of the molecule is COc1ccc(C(NC(=O)c2cc(C)n(C)c(=O)c2)C(=O)O)cc1O. The van der Waals surface area contributed by atoms with Crippen molar-refractivity contribution in [2.24, 2.45) is 7.05 Å². The topological polar surface area (TPSA) is 118 Å². The molecule has 1 aromatic carbocycles. The standard InChI is InChI=1S/C17H18N2O6/c1-9-6-11(8-14(21)19(9)2)16(22)18-15(17(23)24)10-4-5-13(25-3)12(20)7-10/h4-8,15,20H,1-3H3,(H,18,22)(H,23,24). The zero-order valence-electron chi connectivity index (χ0n) is 13.9. The number of aliphatic carboxylic acids is 1. The van der Waals surface area contributed by atoms with Gasteiger partial charge < -0.3 is 24.8 Å².